The van der Waals surface area contributed by atoms with Crippen LogP contribution in [0.3, 0.4) is 0 Å². The lowest BCUT2D eigenvalue weighted by atomic mass is 9.96. The lowest BCUT2D eigenvalue weighted by Gasteiger charge is -2.16. The van der Waals surface area contributed by atoms with Crippen molar-refractivity contribution in [3.63, 3.8) is 0 Å². The summed E-state index contributed by atoms with van der Waals surface area (Å²) in [7, 11) is 0. The van der Waals surface area contributed by atoms with Crippen LogP contribution in [0.2, 0.25) is 0 Å². The summed E-state index contributed by atoms with van der Waals surface area (Å²) < 4.78 is 43.6. The fourth-order valence-corrected chi connectivity index (χ4v) is 2.90. The number of benzene rings is 1. The Hall–Kier alpha value is -2.31. The number of aromatic nitrogens is 1. The number of alkyl halides is 3. The van der Waals surface area contributed by atoms with Gasteiger partial charge in [0.25, 0.3) is 5.91 Å². The van der Waals surface area contributed by atoms with Crippen molar-refractivity contribution >= 4 is 5.91 Å². The van der Waals surface area contributed by atoms with Gasteiger partial charge in [-0.25, -0.2) is 0 Å². The summed E-state index contributed by atoms with van der Waals surface area (Å²) in [4.78, 5) is 12.4. The van der Waals surface area contributed by atoms with Crippen molar-refractivity contribution in [3.8, 4) is 0 Å². The molecule has 1 aliphatic carbocycles. The zero-order valence-electron chi connectivity index (χ0n) is 13.1. The molecular formula is C17H17F3N2O2. The third kappa shape index (κ3) is 3.29. The Bertz CT molecular complexity index is 753. The van der Waals surface area contributed by atoms with Crippen molar-refractivity contribution in [3.05, 3.63) is 52.4 Å². The highest BCUT2D eigenvalue weighted by Crippen LogP contribution is 2.31. The van der Waals surface area contributed by atoms with Gasteiger partial charge in [0.15, 0.2) is 5.69 Å². The molecule has 1 aromatic carbocycles. The molecule has 0 saturated carbocycles. The molecule has 24 heavy (non-hydrogen) atoms. The molecule has 1 heterocycles. The van der Waals surface area contributed by atoms with Gasteiger partial charge >= 0.3 is 6.18 Å². The van der Waals surface area contributed by atoms with Gasteiger partial charge in [-0.3, -0.25) is 4.79 Å². The van der Waals surface area contributed by atoms with Crippen LogP contribution < -0.4 is 5.32 Å². The van der Waals surface area contributed by atoms with Gasteiger partial charge in [0.1, 0.15) is 5.76 Å². The number of fused-ring (bicyclic) bond motifs is 1. The van der Waals surface area contributed by atoms with Crippen molar-refractivity contribution in [1.29, 1.82) is 0 Å². The number of hydrogen-bond donors (Lipinski definition) is 1. The molecule has 0 radical (unpaired) electrons. The van der Waals surface area contributed by atoms with E-state index >= 15 is 0 Å². The molecule has 1 aromatic heterocycles. The van der Waals surface area contributed by atoms with Crippen LogP contribution in [-0.4, -0.2) is 11.1 Å². The fraction of sp³-hybridized carbons (Fsp3) is 0.412. The van der Waals surface area contributed by atoms with Crippen molar-refractivity contribution in [2.45, 2.75) is 44.8 Å². The predicted octanol–water partition coefficient (Wildman–Crippen LogP) is 4.06. The minimum absolute atomic E-state index is 0.239. The monoisotopic (exact) mass is 338 g/mol. The minimum atomic E-state index is -4.41. The van der Waals surface area contributed by atoms with Crippen LogP contribution in [0.5, 0.6) is 0 Å². The van der Waals surface area contributed by atoms with Crippen molar-refractivity contribution < 1.29 is 22.5 Å². The number of rotatable bonds is 3. The summed E-state index contributed by atoms with van der Waals surface area (Å²) in [5.41, 5.74) is 0.703. The number of nitrogens with zero attached hydrogens (tertiary/aromatic N) is 1. The molecule has 128 valence electrons. The molecule has 1 aliphatic rings. The van der Waals surface area contributed by atoms with Gasteiger partial charge in [-0.05, 0) is 43.9 Å². The maximum absolute atomic E-state index is 12.8. The molecule has 0 spiro atoms. The maximum atomic E-state index is 12.8. The van der Waals surface area contributed by atoms with Crippen LogP contribution in [0.4, 0.5) is 13.2 Å². The van der Waals surface area contributed by atoms with Crippen LogP contribution in [0.25, 0.3) is 0 Å². The van der Waals surface area contributed by atoms with Crippen LogP contribution in [0, 0.1) is 0 Å². The van der Waals surface area contributed by atoms with E-state index in [1.807, 2.05) is 0 Å². The van der Waals surface area contributed by atoms with Crippen molar-refractivity contribution in [2.75, 3.05) is 0 Å². The zero-order chi connectivity index (χ0) is 17.3. The Balaban J connectivity index is 1.76. The Morgan fingerprint density at radius 3 is 2.79 bits per heavy atom. The first-order chi connectivity index (χ1) is 11.4. The van der Waals surface area contributed by atoms with Crippen LogP contribution in [-0.2, 0) is 19.0 Å². The number of nitrogens with one attached hydrogen (secondary N) is 1. The number of hydrogen-bond acceptors (Lipinski definition) is 3. The molecule has 3 rings (SSSR count). The van der Waals surface area contributed by atoms with E-state index in [1.54, 1.807) is 13.0 Å². The van der Waals surface area contributed by atoms with Gasteiger partial charge < -0.3 is 9.84 Å². The average molecular weight is 338 g/mol. The second-order valence-corrected chi connectivity index (χ2v) is 5.96. The van der Waals surface area contributed by atoms with Crippen LogP contribution >= 0.6 is 0 Å². The van der Waals surface area contributed by atoms with Gasteiger partial charge in [-0.1, -0.05) is 17.3 Å². The van der Waals surface area contributed by atoms with Gasteiger partial charge in [0.2, 0.25) is 0 Å². The topological polar surface area (TPSA) is 55.1 Å². The van der Waals surface area contributed by atoms with Crippen LogP contribution in [0.15, 0.2) is 28.8 Å². The first-order valence-corrected chi connectivity index (χ1v) is 7.81. The highest BCUT2D eigenvalue weighted by Gasteiger charge is 2.31. The first kappa shape index (κ1) is 16.5. The SMILES string of the molecule is CC(NC(=O)c1noc2c1CCCC2)c1cccc(C(F)(F)F)c1. The summed E-state index contributed by atoms with van der Waals surface area (Å²) in [6.07, 6.45) is -0.940. The molecule has 0 saturated heterocycles. The number of carbonyl (C=O) groups is 1. The van der Waals surface area contributed by atoms with E-state index in [0.717, 1.165) is 49.1 Å². The zero-order valence-corrected chi connectivity index (χ0v) is 13.1. The Kier molecular flexibility index (Phi) is 4.34. The number of halogens is 3. The maximum Gasteiger partial charge on any atom is 0.416 e. The number of aryl methyl sites for hydroxylation is 1. The fourth-order valence-electron chi connectivity index (χ4n) is 2.90. The minimum Gasteiger partial charge on any atom is -0.360 e. The van der Waals surface area contributed by atoms with Gasteiger partial charge in [-0.15, -0.1) is 0 Å². The Morgan fingerprint density at radius 1 is 1.29 bits per heavy atom. The third-order valence-electron chi connectivity index (χ3n) is 4.23. The first-order valence-electron chi connectivity index (χ1n) is 7.81. The molecule has 0 bridgehead atoms. The molecule has 1 unspecified atom stereocenters. The third-order valence-corrected chi connectivity index (χ3v) is 4.23. The van der Waals surface area contributed by atoms with Crippen molar-refractivity contribution in [1.82, 2.24) is 10.5 Å². The molecule has 1 N–H and O–H groups in total. The normalized spacial score (nSPS) is 15.7. The van der Waals surface area contributed by atoms with Gasteiger partial charge in [0, 0.05) is 12.0 Å². The molecular weight excluding hydrogens is 321 g/mol. The summed E-state index contributed by atoms with van der Waals surface area (Å²) in [5, 5.41) is 6.53. The summed E-state index contributed by atoms with van der Waals surface area (Å²) in [5.74, 6) is 0.310. The summed E-state index contributed by atoms with van der Waals surface area (Å²) >= 11 is 0. The smallest absolute Gasteiger partial charge is 0.360 e. The second-order valence-electron chi connectivity index (χ2n) is 5.96. The lowest BCUT2D eigenvalue weighted by Crippen LogP contribution is -2.28. The molecule has 4 nitrogen and oxygen atoms in total. The lowest BCUT2D eigenvalue weighted by molar-refractivity contribution is -0.137. The van der Waals surface area contributed by atoms with E-state index < -0.39 is 23.7 Å². The molecule has 1 amide bonds. The molecule has 0 fully saturated rings. The van der Waals surface area contributed by atoms with E-state index in [4.69, 9.17) is 4.52 Å². The molecule has 0 aliphatic heterocycles. The highest BCUT2D eigenvalue weighted by molar-refractivity contribution is 5.94. The molecule has 1 atom stereocenters. The summed E-state index contributed by atoms with van der Waals surface area (Å²) in [6.45, 7) is 1.64. The van der Waals surface area contributed by atoms with E-state index in [-0.39, 0.29) is 5.69 Å². The Morgan fingerprint density at radius 2 is 2.04 bits per heavy atom. The largest absolute Gasteiger partial charge is 0.416 e. The quantitative estimate of drug-likeness (QED) is 0.918. The van der Waals surface area contributed by atoms with E-state index in [1.165, 1.54) is 6.07 Å². The number of amides is 1. The van der Waals surface area contributed by atoms with Crippen LogP contribution in [0.1, 0.15) is 58.7 Å². The molecule has 2 aromatic rings. The summed E-state index contributed by atoms with van der Waals surface area (Å²) in [6, 6.07) is 4.36. The van der Waals surface area contributed by atoms with Gasteiger partial charge in [0.05, 0.1) is 11.6 Å². The van der Waals surface area contributed by atoms with Gasteiger partial charge in [-0.2, -0.15) is 13.2 Å². The average Bonchev–Trinajstić information content (AvgIpc) is 2.98. The second kappa shape index (κ2) is 6.30. The standard InChI is InChI=1S/C17H17F3N2O2/c1-10(11-5-4-6-12(9-11)17(18,19)20)21-16(23)15-13-7-2-3-8-14(13)24-22-15/h4-6,9-10H,2-3,7-8H2,1H3,(H,21,23). The predicted molar refractivity (Wildman–Crippen MR) is 80.5 cm³/mol. The Labute approximate surface area is 137 Å². The van der Waals surface area contributed by atoms with E-state index in [0.29, 0.717) is 5.56 Å². The van der Waals surface area contributed by atoms with Crippen molar-refractivity contribution in [2.24, 2.45) is 0 Å². The van der Waals surface area contributed by atoms with E-state index in [9.17, 15) is 18.0 Å². The van der Waals surface area contributed by atoms with E-state index in [2.05, 4.69) is 10.5 Å². The highest BCUT2D eigenvalue weighted by atomic mass is 19.4. The molecule has 7 heteroatoms. The number of carbonyl (C=O) groups excluding carboxylic acids is 1.